The Balaban J connectivity index is 1.66. The number of alkyl carbamates (subject to hydrolysis) is 1. The number of hydrogen-bond donors (Lipinski definition) is 12. The van der Waals surface area contributed by atoms with Crippen molar-refractivity contribution in [3.63, 3.8) is 0 Å². The van der Waals surface area contributed by atoms with E-state index in [-0.39, 0.29) is 0 Å². The van der Waals surface area contributed by atoms with Gasteiger partial charge in [-0.05, 0) is 20.8 Å². The molecule has 0 aromatic heterocycles. The van der Waals surface area contributed by atoms with Crippen LogP contribution in [0.3, 0.4) is 0 Å². The summed E-state index contributed by atoms with van der Waals surface area (Å²) in [5.41, 5.74) is -0.855. The van der Waals surface area contributed by atoms with E-state index >= 15 is 0 Å². The summed E-state index contributed by atoms with van der Waals surface area (Å²) in [7, 11) is 0. The summed E-state index contributed by atoms with van der Waals surface area (Å²) in [4.78, 5) is 12.2. The molecule has 3 saturated heterocycles. The molecule has 1 amide bonds. The molecule has 3 heterocycles. The van der Waals surface area contributed by atoms with Crippen LogP contribution in [0, 0.1) is 0 Å². The Hall–Kier alpha value is -1.67. The second kappa shape index (κ2) is 17.5. The normalized spacial score (nSPS) is 42.1. The lowest BCUT2D eigenvalue weighted by Gasteiger charge is -2.48. The van der Waals surface area contributed by atoms with Gasteiger partial charge in [0.25, 0.3) is 0 Å². The van der Waals surface area contributed by atoms with E-state index in [1.165, 1.54) is 0 Å². The molecular weight excluding hydrogens is 654 g/mol. The molecule has 0 saturated carbocycles. The molecule has 0 radical (unpaired) electrons. The van der Waals surface area contributed by atoms with E-state index in [1.54, 1.807) is 20.8 Å². The Bertz CT molecular complexity index is 1010. The van der Waals surface area contributed by atoms with Gasteiger partial charge in [0, 0.05) is 0 Å². The molecule has 0 aromatic rings. The van der Waals surface area contributed by atoms with E-state index < -0.39 is 142 Å². The molecule has 12 N–H and O–H groups in total. The Morgan fingerprint density at radius 1 is 0.729 bits per heavy atom. The summed E-state index contributed by atoms with van der Waals surface area (Å²) in [5, 5.41) is 116. The Morgan fingerprint density at radius 2 is 1.17 bits per heavy atom. The second-order valence-corrected chi connectivity index (χ2v) is 12.6. The molecule has 0 bridgehead atoms. The van der Waals surface area contributed by atoms with Gasteiger partial charge in [0.05, 0.1) is 38.6 Å². The fourth-order valence-corrected chi connectivity index (χ4v) is 5.23. The van der Waals surface area contributed by atoms with E-state index in [0.717, 1.165) is 6.08 Å². The maximum Gasteiger partial charge on any atom is 0.408 e. The van der Waals surface area contributed by atoms with Crippen LogP contribution >= 0.6 is 0 Å². The van der Waals surface area contributed by atoms with Gasteiger partial charge in [0.2, 0.25) is 0 Å². The molecule has 0 aromatic carbocycles. The van der Waals surface area contributed by atoms with E-state index in [0.29, 0.717) is 0 Å². The number of carbonyl (C=O) groups is 1. The number of ether oxygens (including phenoxy) is 7. The fraction of sp³-hybridized carbons (Fsp3) is 0.893. The van der Waals surface area contributed by atoms with Crippen molar-refractivity contribution in [2.75, 3.05) is 26.4 Å². The highest BCUT2D eigenvalue weighted by atomic mass is 16.8. The maximum absolute atomic E-state index is 12.2. The van der Waals surface area contributed by atoms with Gasteiger partial charge in [-0.15, -0.1) is 6.58 Å². The van der Waals surface area contributed by atoms with Crippen molar-refractivity contribution in [2.24, 2.45) is 0 Å². The van der Waals surface area contributed by atoms with Crippen molar-refractivity contribution in [3.05, 3.63) is 12.7 Å². The molecule has 20 nitrogen and oxygen atoms in total. The van der Waals surface area contributed by atoms with Gasteiger partial charge in [-0.1, -0.05) is 6.08 Å². The van der Waals surface area contributed by atoms with Crippen LogP contribution in [0.2, 0.25) is 0 Å². The van der Waals surface area contributed by atoms with Crippen LogP contribution in [-0.4, -0.2) is 199 Å². The van der Waals surface area contributed by atoms with Gasteiger partial charge in [-0.3, -0.25) is 0 Å². The zero-order chi connectivity index (χ0) is 36.1. The minimum Gasteiger partial charge on any atom is -0.444 e. The predicted molar refractivity (Wildman–Crippen MR) is 154 cm³/mol. The number of nitrogens with one attached hydrogen (secondary N) is 1. The van der Waals surface area contributed by atoms with Gasteiger partial charge < -0.3 is 94.6 Å². The van der Waals surface area contributed by atoms with Crippen molar-refractivity contribution in [1.29, 1.82) is 0 Å². The summed E-state index contributed by atoms with van der Waals surface area (Å²) >= 11 is 0. The molecule has 3 fully saturated rings. The first kappa shape index (κ1) is 40.8. The second-order valence-electron chi connectivity index (χ2n) is 12.6. The third-order valence-electron chi connectivity index (χ3n) is 7.87. The van der Waals surface area contributed by atoms with E-state index in [2.05, 4.69) is 11.9 Å². The smallest absolute Gasteiger partial charge is 0.408 e. The summed E-state index contributed by atoms with van der Waals surface area (Å²) in [6.45, 7) is 5.38. The molecule has 0 spiro atoms. The van der Waals surface area contributed by atoms with Gasteiger partial charge >= 0.3 is 6.09 Å². The standard InChI is InChI=1S/C28H49NO19/c1-5-11(33)10(29-27(41)48-28(2,3)4)9-42-24-20(39)17(36)22(13(7-31)44-24)47-26-21(40)18(37)23(14(8-32)45-26)46-25-19(38)16(35)15(34)12(6-30)43-25/h5,10-26,30-40H,1,6-9H2,2-4H3,(H,29,41)/t10-,11+,12?,13?,14?,15-,16?,17?,18?,19?,20?,21?,22+,23-,24+,25+,26-/m0/s1. The minimum atomic E-state index is -1.99. The van der Waals surface area contributed by atoms with Gasteiger partial charge in [0.1, 0.15) is 78.8 Å². The highest BCUT2D eigenvalue weighted by Gasteiger charge is 2.53. The molecule has 9 unspecified atom stereocenters. The summed E-state index contributed by atoms with van der Waals surface area (Å²) in [5.74, 6) is 0. The first-order chi connectivity index (χ1) is 22.5. The first-order valence-electron chi connectivity index (χ1n) is 15.3. The van der Waals surface area contributed by atoms with E-state index in [9.17, 15) is 61.0 Å². The van der Waals surface area contributed by atoms with Crippen molar-refractivity contribution in [2.45, 2.75) is 131 Å². The van der Waals surface area contributed by atoms with Crippen molar-refractivity contribution >= 4 is 6.09 Å². The van der Waals surface area contributed by atoms with Crippen LogP contribution in [0.1, 0.15) is 20.8 Å². The molecule has 17 atom stereocenters. The highest BCUT2D eigenvalue weighted by Crippen LogP contribution is 2.32. The summed E-state index contributed by atoms with van der Waals surface area (Å²) in [6, 6.07) is -1.15. The number of carbonyl (C=O) groups excluding carboxylic acids is 1. The van der Waals surface area contributed by atoms with Crippen molar-refractivity contribution < 1.29 is 94.1 Å². The average Bonchev–Trinajstić information content (AvgIpc) is 3.03. The zero-order valence-corrected chi connectivity index (χ0v) is 26.6. The lowest BCUT2D eigenvalue weighted by Crippen LogP contribution is -2.66. The molecule has 3 aliphatic rings. The molecular formula is C28H49NO19. The van der Waals surface area contributed by atoms with Crippen LogP contribution < -0.4 is 5.32 Å². The van der Waals surface area contributed by atoms with Crippen LogP contribution in [0.25, 0.3) is 0 Å². The highest BCUT2D eigenvalue weighted by molar-refractivity contribution is 5.68. The monoisotopic (exact) mass is 703 g/mol. The SMILES string of the molecule is C=C[C@@H](O)[C@H](CO[C@@H]1OC(CO)[C@@H](O[C@@H]2OC(CO)[C@H](O[C@H]3OC(CO)[C@H](O)C(O)C3O)C(O)C2O)C(O)C1O)NC(=O)OC(C)(C)C. The van der Waals surface area contributed by atoms with Crippen LogP contribution in [0.15, 0.2) is 12.7 Å². The number of hydrogen-bond acceptors (Lipinski definition) is 19. The maximum atomic E-state index is 12.2. The van der Waals surface area contributed by atoms with Gasteiger partial charge in [0.15, 0.2) is 18.9 Å². The number of amides is 1. The van der Waals surface area contributed by atoms with E-state index in [4.69, 9.17) is 33.2 Å². The zero-order valence-electron chi connectivity index (χ0n) is 26.6. The number of aliphatic hydroxyl groups is 11. The molecule has 280 valence electrons. The van der Waals surface area contributed by atoms with Crippen molar-refractivity contribution in [3.8, 4) is 0 Å². The fourth-order valence-electron chi connectivity index (χ4n) is 5.23. The Morgan fingerprint density at radius 3 is 1.62 bits per heavy atom. The molecule has 0 aliphatic carbocycles. The van der Waals surface area contributed by atoms with Gasteiger partial charge in [-0.25, -0.2) is 4.79 Å². The van der Waals surface area contributed by atoms with Crippen LogP contribution in [0.4, 0.5) is 4.79 Å². The largest absolute Gasteiger partial charge is 0.444 e. The summed E-state index contributed by atoms with van der Waals surface area (Å²) in [6.07, 6.45) is -27.0. The minimum absolute atomic E-state index is 0.491. The van der Waals surface area contributed by atoms with Crippen LogP contribution in [0.5, 0.6) is 0 Å². The third-order valence-corrected chi connectivity index (χ3v) is 7.87. The molecule has 20 heteroatoms. The lowest BCUT2D eigenvalue weighted by molar-refractivity contribution is -0.379. The number of rotatable bonds is 13. The van der Waals surface area contributed by atoms with Gasteiger partial charge in [-0.2, -0.15) is 0 Å². The van der Waals surface area contributed by atoms with Crippen LogP contribution in [-0.2, 0) is 33.2 Å². The average molecular weight is 704 g/mol. The number of aliphatic hydroxyl groups excluding tert-OH is 11. The lowest BCUT2D eigenvalue weighted by atomic mass is 9.96. The quantitative estimate of drug-likeness (QED) is 0.0794. The molecule has 48 heavy (non-hydrogen) atoms. The molecule has 3 aliphatic heterocycles. The molecule has 3 rings (SSSR count). The topological polar surface area (TPSA) is 316 Å². The van der Waals surface area contributed by atoms with E-state index in [1.807, 2.05) is 0 Å². The predicted octanol–water partition coefficient (Wildman–Crippen LogP) is -6.11. The Kier molecular flexibility index (Phi) is 14.9. The summed E-state index contributed by atoms with van der Waals surface area (Å²) < 4.78 is 38.2. The van der Waals surface area contributed by atoms with Crippen molar-refractivity contribution in [1.82, 2.24) is 5.32 Å². The first-order valence-corrected chi connectivity index (χ1v) is 15.3. The Labute approximate surface area is 275 Å². The third kappa shape index (κ3) is 9.76.